The van der Waals surface area contributed by atoms with Crippen LogP contribution in [0.1, 0.15) is 38.9 Å². The largest absolute Gasteiger partial charge is 0.496 e. The van der Waals surface area contributed by atoms with Crippen LogP contribution >= 0.6 is 0 Å². The molecule has 0 bridgehead atoms. The number of aliphatic hydroxyl groups excluding tert-OH is 1. The summed E-state index contributed by atoms with van der Waals surface area (Å²) in [6.07, 6.45) is 0.658. The monoisotopic (exact) mass is 279 g/mol. The standard InChI is InChI=1S/C16H25NO3/c1-5-13-10-20-11(2)9-17(13)14-7-6-8-15(19-4)16(14)12(3)18/h6-8,11-13,18H,5,9-10H2,1-4H3/t11?,12-,13?/m1/s1. The maximum atomic E-state index is 10.1. The number of ether oxygens (including phenoxy) is 2. The number of anilines is 1. The third-order valence-electron chi connectivity index (χ3n) is 3.93. The summed E-state index contributed by atoms with van der Waals surface area (Å²) in [5.74, 6) is 0.742. The molecule has 20 heavy (non-hydrogen) atoms. The molecule has 1 N–H and O–H groups in total. The molecule has 4 nitrogen and oxygen atoms in total. The quantitative estimate of drug-likeness (QED) is 0.920. The van der Waals surface area contributed by atoms with E-state index in [4.69, 9.17) is 9.47 Å². The van der Waals surface area contributed by atoms with Crippen LogP contribution in [0.25, 0.3) is 0 Å². The Morgan fingerprint density at radius 1 is 1.50 bits per heavy atom. The molecule has 0 radical (unpaired) electrons. The molecule has 0 saturated carbocycles. The van der Waals surface area contributed by atoms with E-state index in [1.165, 1.54) is 0 Å². The Labute approximate surface area is 121 Å². The van der Waals surface area contributed by atoms with Crippen molar-refractivity contribution in [3.05, 3.63) is 23.8 Å². The topological polar surface area (TPSA) is 41.9 Å². The average Bonchev–Trinajstić information content (AvgIpc) is 2.46. The second kappa shape index (κ2) is 6.46. The molecule has 0 amide bonds. The van der Waals surface area contributed by atoms with Crippen LogP contribution < -0.4 is 9.64 Å². The number of hydrogen-bond acceptors (Lipinski definition) is 4. The number of benzene rings is 1. The summed E-state index contributed by atoms with van der Waals surface area (Å²) in [6.45, 7) is 7.60. The van der Waals surface area contributed by atoms with Crippen molar-refractivity contribution in [1.82, 2.24) is 0 Å². The van der Waals surface area contributed by atoms with Crippen molar-refractivity contribution >= 4 is 5.69 Å². The molecule has 1 heterocycles. The number of hydrogen-bond donors (Lipinski definition) is 1. The van der Waals surface area contributed by atoms with Crippen LogP contribution in [0.4, 0.5) is 5.69 Å². The lowest BCUT2D eigenvalue weighted by atomic mass is 10.0. The molecular formula is C16H25NO3. The van der Waals surface area contributed by atoms with Gasteiger partial charge in [0.25, 0.3) is 0 Å². The molecule has 1 fully saturated rings. The number of rotatable bonds is 4. The van der Waals surface area contributed by atoms with Crippen molar-refractivity contribution in [1.29, 1.82) is 0 Å². The smallest absolute Gasteiger partial charge is 0.126 e. The van der Waals surface area contributed by atoms with Crippen molar-refractivity contribution in [2.24, 2.45) is 0 Å². The highest BCUT2D eigenvalue weighted by Gasteiger charge is 2.29. The normalized spacial score (nSPS) is 24.6. The second-order valence-electron chi connectivity index (χ2n) is 5.43. The van der Waals surface area contributed by atoms with Crippen molar-refractivity contribution in [2.45, 2.75) is 45.4 Å². The first-order valence-electron chi connectivity index (χ1n) is 7.31. The van der Waals surface area contributed by atoms with E-state index >= 15 is 0 Å². The van der Waals surface area contributed by atoms with Gasteiger partial charge in [0.1, 0.15) is 5.75 Å². The molecule has 0 aromatic heterocycles. The molecule has 2 rings (SSSR count). The minimum absolute atomic E-state index is 0.200. The summed E-state index contributed by atoms with van der Waals surface area (Å²) >= 11 is 0. The highest BCUT2D eigenvalue weighted by molar-refractivity contribution is 5.61. The molecular weight excluding hydrogens is 254 g/mol. The molecule has 0 spiro atoms. The highest BCUT2D eigenvalue weighted by Crippen LogP contribution is 2.36. The van der Waals surface area contributed by atoms with Crippen LogP contribution in [0, 0.1) is 0 Å². The molecule has 1 aromatic carbocycles. The first-order valence-corrected chi connectivity index (χ1v) is 7.31. The first kappa shape index (κ1) is 15.1. The summed E-state index contributed by atoms with van der Waals surface area (Å²) in [5.41, 5.74) is 1.92. The summed E-state index contributed by atoms with van der Waals surface area (Å²) in [5, 5.41) is 10.1. The van der Waals surface area contributed by atoms with Gasteiger partial charge in [-0.15, -0.1) is 0 Å². The van der Waals surface area contributed by atoms with Gasteiger partial charge in [-0.25, -0.2) is 0 Å². The lowest BCUT2D eigenvalue weighted by molar-refractivity contribution is 0.0296. The van der Waals surface area contributed by atoms with E-state index in [-0.39, 0.29) is 6.10 Å². The van der Waals surface area contributed by atoms with Crippen LogP contribution in [-0.4, -0.2) is 37.5 Å². The minimum Gasteiger partial charge on any atom is -0.496 e. The van der Waals surface area contributed by atoms with Crippen molar-refractivity contribution < 1.29 is 14.6 Å². The molecule has 1 aliphatic rings. The third kappa shape index (κ3) is 2.91. The Kier molecular flexibility index (Phi) is 4.89. The number of aliphatic hydroxyl groups is 1. The van der Waals surface area contributed by atoms with Gasteiger partial charge in [-0.3, -0.25) is 0 Å². The van der Waals surface area contributed by atoms with Gasteiger partial charge in [-0.2, -0.15) is 0 Å². The fourth-order valence-electron chi connectivity index (χ4n) is 2.86. The molecule has 1 saturated heterocycles. The van der Waals surface area contributed by atoms with Gasteiger partial charge in [0, 0.05) is 17.8 Å². The van der Waals surface area contributed by atoms with Gasteiger partial charge in [-0.1, -0.05) is 13.0 Å². The molecule has 1 aromatic rings. The number of methoxy groups -OCH3 is 1. The van der Waals surface area contributed by atoms with Crippen LogP contribution in [0.3, 0.4) is 0 Å². The molecule has 2 unspecified atom stereocenters. The van der Waals surface area contributed by atoms with Crippen molar-refractivity contribution in [2.75, 3.05) is 25.2 Å². The van der Waals surface area contributed by atoms with Gasteiger partial charge >= 0.3 is 0 Å². The summed E-state index contributed by atoms with van der Waals surface area (Å²) < 4.78 is 11.2. The predicted octanol–water partition coefficient (Wildman–Crippen LogP) is 2.75. The maximum Gasteiger partial charge on any atom is 0.126 e. The Bertz CT molecular complexity index is 447. The van der Waals surface area contributed by atoms with E-state index in [0.29, 0.717) is 6.04 Å². The number of morpholine rings is 1. The van der Waals surface area contributed by atoms with Crippen LogP contribution in [-0.2, 0) is 4.74 Å². The molecule has 3 atom stereocenters. The Balaban J connectivity index is 2.44. The summed E-state index contributed by atoms with van der Waals surface area (Å²) in [4.78, 5) is 2.35. The first-order chi connectivity index (χ1) is 9.58. The zero-order valence-electron chi connectivity index (χ0n) is 12.8. The average molecular weight is 279 g/mol. The minimum atomic E-state index is -0.559. The van der Waals surface area contributed by atoms with E-state index in [2.05, 4.69) is 24.8 Å². The fourth-order valence-corrected chi connectivity index (χ4v) is 2.86. The predicted molar refractivity (Wildman–Crippen MR) is 80.5 cm³/mol. The van der Waals surface area contributed by atoms with Crippen molar-refractivity contribution in [3.63, 3.8) is 0 Å². The third-order valence-corrected chi connectivity index (χ3v) is 3.93. The summed E-state index contributed by atoms with van der Waals surface area (Å²) in [6, 6.07) is 6.28. The Morgan fingerprint density at radius 3 is 2.85 bits per heavy atom. The van der Waals surface area contributed by atoms with Crippen LogP contribution in [0.2, 0.25) is 0 Å². The van der Waals surface area contributed by atoms with E-state index in [1.807, 2.05) is 12.1 Å². The molecule has 112 valence electrons. The Hall–Kier alpha value is -1.26. The van der Waals surface area contributed by atoms with E-state index in [9.17, 15) is 5.11 Å². The maximum absolute atomic E-state index is 10.1. The van der Waals surface area contributed by atoms with E-state index in [0.717, 1.165) is 36.6 Å². The fraction of sp³-hybridized carbons (Fsp3) is 0.625. The van der Waals surface area contributed by atoms with E-state index in [1.54, 1.807) is 14.0 Å². The molecule has 0 aliphatic carbocycles. The zero-order chi connectivity index (χ0) is 14.7. The number of nitrogens with zero attached hydrogens (tertiary/aromatic N) is 1. The van der Waals surface area contributed by atoms with Gasteiger partial charge in [0.2, 0.25) is 0 Å². The van der Waals surface area contributed by atoms with Crippen LogP contribution in [0.15, 0.2) is 18.2 Å². The van der Waals surface area contributed by atoms with Crippen molar-refractivity contribution in [3.8, 4) is 5.75 Å². The van der Waals surface area contributed by atoms with Gasteiger partial charge < -0.3 is 19.5 Å². The zero-order valence-corrected chi connectivity index (χ0v) is 12.8. The van der Waals surface area contributed by atoms with Gasteiger partial charge in [0.05, 0.1) is 32.0 Å². The van der Waals surface area contributed by atoms with Gasteiger partial charge in [0.15, 0.2) is 0 Å². The molecule has 4 heteroatoms. The van der Waals surface area contributed by atoms with E-state index < -0.39 is 6.10 Å². The van der Waals surface area contributed by atoms with Gasteiger partial charge in [-0.05, 0) is 32.4 Å². The second-order valence-corrected chi connectivity index (χ2v) is 5.43. The Morgan fingerprint density at radius 2 is 2.25 bits per heavy atom. The lowest BCUT2D eigenvalue weighted by Crippen LogP contribution is -2.49. The van der Waals surface area contributed by atoms with Crippen LogP contribution in [0.5, 0.6) is 5.75 Å². The SMILES string of the molecule is CCC1COC(C)CN1c1cccc(OC)c1[C@@H](C)O. The lowest BCUT2D eigenvalue weighted by Gasteiger charge is -2.41. The molecule has 1 aliphatic heterocycles. The highest BCUT2D eigenvalue weighted by atomic mass is 16.5. The summed E-state index contributed by atoms with van der Waals surface area (Å²) in [7, 11) is 1.64.